The van der Waals surface area contributed by atoms with E-state index in [1.807, 2.05) is 71.0 Å². The molecule has 0 aliphatic carbocycles. The number of hydrogen-bond acceptors (Lipinski definition) is 4. The number of methoxy groups -OCH3 is 1. The number of rotatable bonds is 5. The maximum absolute atomic E-state index is 10.5. The van der Waals surface area contributed by atoms with Crippen molar-refractivity contribution in [3.8, 4) is 23.0 Å². The van der Waals surface area contributed by atoms with Crippen LogP contribution in [-0.4, -0.2) is 22.2 Å². The smallest absolute Gasteiger partial charge is 0.147 e. The Balaban J connectivity index is 0.000000407. The molecule has 5 nitrogen and oxygen atoms in total. The van der Waals surface area contributed by atoms with E-state index in [9.17, 15) is 5.11 Å². The largest absolute Gasteiger partial charge is 0.505 e. The van der Waals surface area contributed by atoms with Gasteiger partial charge in [-0.15, -0.1) is 0 Å². The van der Waals surface area contributed by atoms with Crippen molar-refractivity contribution in [1.82, 2.24) is 9.97 Å². The third-order valence-corrected chi connectivity index (χ3v) is 5.03. The van der Waals surface area contributed by atoms with Gasteiger partial charge in [0, 0.05) is 7.62 Å². The van der Waals surface area contributed by atoms with Gasteiger partial charge in [-0.05, 0) is 73.7 Å². The van der Waals surface area contributed by atoms with E-state index in [0.717, 1.165) is 52.1 Å². The Morgan fingerprint density at radius 1 is 0.939 bits per heavy atom. The van der Waals surface area contributed by atoms with Gasteiger partial charge < -0.3 is 19.6 Å². The van der Waals surface area contributed by atoms with Crippen molar-refractivity contribution >= 4 is 10.9 Å². The highest BCUT2D eigenvalue weighted by atomic mass is 16.5. The summed E-state index contributed by atoms with van der Waals surface area (Å²) in [5.41, 5.74) is 5.22. The van der Waals surface area contributed by atoms with Crippen LogP contribution < -0.4 is 9.47 Å². The van der Waals surface area contributed by atoms with Crippen molar-refractivity contribution in [1.29, 1.82) is 0 Å². The quantitative estimate of drug-likeness (QED) is 0.326. The minimum atomic E-state index is 0. The van der Waals surface area contributed by atoms with Crippen LogP contribution in [0.3, 0.4) is 0 Å². The summed E-state index contributed by atoms with van der Waals surface area (Å²) in [6.45, 7) is 12.1. The molecule has 178 valence electrons. The van der Waals surface area contributed by atoms with Crippen LogP contribution >= 0.6 is 0 Å². The standard InChI is InChI=1S/C19H21NO2.C7H9NO.C2H6.H2/c1-4-13-10-16-18(19(21)15(5-2)20-16)17(11-13)22-14-8-6-7-12(3)9-14;1-6-3-7(9-2)5-8-4-6;1-2;/h6-11,20-21H,4-5H2,1-3H3;3-5H,1-2H3;1-2H3;1H. The summed E-state index contributed by atoms with van der Waals surface area (Å²) in [7, 11) is 1.64. The van der Waals surface area contributed by atoms with E-state index in [0.29, 0.717) is 11.5 Å². The van der Waals surface area contributed by atoms with Crippen molar-refractivity contribution in [3.05, 3.63) is 77.2 Å². The van der Waals surface area contributed by atoms with Crippen LogP contribution in [0.25, 0.3) is 10.9 Å². The van der Waals surface area contributed by atoms with Crippen molar-refractivity contribution in [2.45, 2.75) is 54.4 Å². The minimum Gasteiger partial charge on any atom is -0.505 e. The first-order valence-corrected chi connectivity index (χ1v) is 11.5. The number of aryl methyl sites for hydroxylation is 4. The molecule has 2 N–H and O–H groups in total. The average molecular weight is 451 g/mol. The third-order valence-electron chi connectivity index (χ3n) is 5.03. The second kappa shape index (κ2) is 12.5. The molecule has 2 aromatic carbocycles. The number of fused-ring (bicyclic) bond motifs is 1. The molecule has 0 bridgehead atoms. The molecule has 0 radical (unpaired) electrons. The Kier molecular flexibility index (Phi) is 9.80. The van der Waals surface area contributed by atoms with Gasteiger partial charge in [-0.3, -0.25) is 4.98 Å². The number of aromatic hydroxyl groups is 1. The molecule has 33 heavy (non-hydrogen) atoms. The molecular weight excluding hydrogens is 412 g/mol. The van der Waals surface area contributed by atoms with Crippen LogP contribution in [0.5, 0.6) is 23.0 Å². The zero-order chi connectivity index (χ0) is 24.4. The predicted molar refractivity (Wildman–Crippen MR) is 139 cm³/mol. The molecule has 4 rings (SSSR count). The van der Waals surface area contributed by atoms with Gasteiger partial charge in [-0.2, -0.15) is 0 Å². The van der Waals surface area contributed by atoms with Gasteiger partial charge >= 0.3 is 0 Å². The maximum atomic E-state index is 10.5. The lowest BCUT2D eigenvalue weighted by molar-refractivity contribution is 0.412. The highest BCUT2D eigenvalue weighted by molar-refractivity contribution is 5.94. The molecule has 0 aliphatic rings. The lowest BCUT2D eigenvalue weighted by Crippen LogP contribution is -1.89. The van der Waals surface area contributed by atoms with Gasteiger partial charge in [-0.25, -0.2) is 0 Å². The summed E-state index contributed by atoms with van der Waals surface area (Å²) in [6.07, 6.45) is 5.16. The Labute approximate surface area is 198 Å². The maximum Gasteiger partial charge on any atom is 0.147 e. The first-order chi connectivity index (χ1) is 15.9. The molecule has 0 saturated carbocycles. The summed E-state index contributed by atoms with van der Waals surface area (Å²) in [5.74, 6) is 2.60. The second-order valence-electron chi connectivity index (χ2n) is 7.50. The van der Waals surface area contributed by atoms with Crippen LogP contribution in [0.15, 0.2) is 54.9 Å². The van der Waals surface area contributed by atoms with Crippen LogP contribution in [-0.2, 0) is 12.8 Å². The number of H-pyrrole nitrogens is 1. The Bertz CT molecular complexity index is 1170. The number of aromatic amines is 1. The van der Waals surface area contributed by atoms with E-state index in [1.54, 1.807) is 19.5 Å². The molecule has 0 spiro atoms. The van der Waals surface area contributed by atoms with E-state index in [1.165, 1.54) is 5.56 Å². The predicted octanol–water partition coefficient (Wildman–Crippen LogP) is 7.77. The number of ether oxygens (including phenoxy) is 2. The van der Waals surface area contributed by atoms with Crippen molar-refractivity contribution in [3.63, 3.8) is 0 Å². The molecule has 2 aromatic heterocycles. The van der Waals surface area contributed by atoms with Crippen molar-refractivity contribution in [2.24, 2.45) is 0 Å². The van der Waals surface area contributed by atoms with Gasteiger partial charge in [0.2, 0.25) is 0 Å². The number of hydrogen-bond donors (Lipinski definition) is 2. The Morgan fingerprint density at radius 2 is 1.67 bits per heavy atom. The summed E-state index contributed by atoms with van der Waals surface area (Å²) >= 11 is 0. The van der Waals surface area contributed by atoms with Gasteiger partial charge in [0.1, 0.15) is 23.0 Å². The summed E-state index contributed by atoms with van der Waals surface area (Å²) < 4.78 is 11.0. The van der Waals surface area contributed by atoms with Gasteiger partial charge in [0.05, 0.1) is 29.9 Å². The number of benzene rings is 2. The molecule has 0 unspecified atom stereocenters. The topological polar surface area (TPSA) is 67.4 Å². The monoisotopic (exact) mass is 450 g/mol. The van der Waals surface area contributed by atoms with Crippen LogP contribution in [0.1, 0.15) is 51.5 Å². The van der Waals surface area contributed by atoms with E-state index in [2.05, 4.69) is 23.0 Å². The van der Waals surface area contributed by atoms with E-state index in [-0.39, 0.29) is 1.43 Å². The van der Waals surface area contributed by atoms with Gasteiger partial charge in [-0.1, -0.05) is 39.8 Å². The van der Waals surface area contributed by atoms with E-state index in [4.69, 9.17) is 9.47 Å². The first-order valence-electron chi connectivity index (χ1n) is 11.5. The minimum absolute atomic E-state index is 0. The normalized spacial score (nSPS) is 10.0. The fourth-order valence-corrected chi connectivity index (χ4v) is 3.37. The number of aromatic nitrogens is 2. The first kappa shape index (κ1) is 25.8. The molecule has 0 amide bonds. The highest BCUT2D eigenvalue weighted by Crippen LogP contribution is 2.39. The zero-order valence-corrected chi connectivity index (χ0v) is 20.8. The summed E-state index contributed by atoms with van der Waals surface area (Å²) in [4.78, 5) is 7.23. The molecule has 2 heterocycles. The molecular formula is C28H38N2O3. The van der Waals surface area contributed by atoms with Crippen molar-refractivity contribution < 1.29 is 16.0 Å². The van der Waals surface area contributed by atoms with Gasteiger partial charge in [0.25, 0.3) is 0 Å². The number of nitrogens with zero attached hydrogens (tertiary/aromatic N) is 1. The lowest BCUT2D eigenvalue weighted by atomic mass is 10.1. The summed E-state index contributed by atoms with van der Waals surface area (Å²) in [5, 5.41) is 11.2. The Hall–Kier alpha value is -3.47. The molecule has 4 aromatic rings. The molecule has 0 fully saturated rings. The van der Waals surface area contributed by atoms with E-state index < -0.39 is 0 Å². The Morgan fingerprint density at radius 3 is 2.24 bits per heavy atom. The molecule has 0 aliphatic heterocycles. The van der Waals surface area contributed by atoms with E-state index >= 15 is 0 Å². The summed E-state index contributed by atoms with van der Waals surface area (Å²) in [6, 6.07) is 14.0. The highest BCUT2D eigenvalue weighted by Gasteiger charge is 2.16. The molecule has 0 saturated heterocycles. The number of pyridine rings is 1. The second-order valence-corrected chi connectivity index (χ2v) is 7.50. The molecule has 0 atom stereocenters. The molecule has 5 heteroatoms. The fraction of sp³-hybridized carbons (Fsp3) is 0.321. The van der Waals surface area contributed by atoms with Crippen LogP contribution in [0, 0.1) is 13.8 Å². The fourth-order valence-electron chi connectivity index (χ4n) is 3.37. The van der Waals surface area contributed by atoms with Crippen LogP contribution in [0.4, 0.5) is 0 Å². The zero-order valence-electron chi connectivity index (χ0n) is 20.8. The third kappa shape index (κ3) is 6.75. The van der Waals surface area contributed by atoms with Crippen molar-refractivity contribution in [2.75, 3.05) is 7.11 Å². The SMILES string of the molecule is CC.CCc1cc(Oc2cccc(C)c2)c2c(O)c(CC)[nH]c2c1.COc1cncc(C)c1.[HH]. The van der Waals surface area contributed by atoms with Crippen LogP contribution in [0.2, 0.25) is 0 Å². The average Bonchev–Trinajstić information content (AvgIpc) is 3.16. The van der Waals surface area contributed by atoms with Gasteiger partial charge in [0.15, 0.2) is 0 Å². The number of nitrogens with one attached hydrogen (secondary N) is 1. The lowest BCUT2D eigenvalue weighted by Gasteiger charge is -2.10.